The third-order valence-corrected chi connectivity index (χ3v) is 5.94. The number of hydrogen-bond acceptors (Lipinski definition) is 6. The maximum atomic E-state index is 13.1. The molecule has 0 unspecified atom stereocenters. The fraction of sp³-hybridized carbons (Fsp3) is 0.280. The minimum Gasteiger partial charge on any atom is -0.346 e. The standard InChI is InChI=1S/C25H25N7O/c1-16-6-7-23(28-11-16)19-8-20(25(33)29-14-21-13-26-17(2)12-27-21)10-22(9-19)32-24(30-15-31-32)18-4-3-5-18/h6-13,15,18H,3-5,14H2,1-2H3,(H,29,33). The number of carbonyl (C=O) groups excluding carboxylic acids is 1. The van der Waals surface area contributed by atoms with Crippen molar-refractivity contribution >= 4 is 5.91 Å². The number of rotatable bonds is 6. The molecule has 0 aliphatic heterocycles. The molecule has 0 atom stereocenters. The summed E-state index contributed by atoms with van der Waals surface area (Å²) in [6, 6.07) is 9.70. The molecule has 5 rings (SSSR count). The van der Waals surface area contributed by atoms with Crippen molar-refractivity contribution in [1.29, 1.82) is 0 Å². The van der Waals surface area contributed by atoms with Crippen LogP contribution in [-0.2, 0) is 6.54 Å². The summed E-state index contributed by atoms with van der Waals surface area (Å²) in [6.45, 7) is 4.18. The SMILES string of the molecule is Cc1ccc(-c2cc(C(=O)NCc3cnc(C)cn3)cc(-n3ncnc3C3CCC3)c2)nc1. The maximum Gasteiger partial charge on any atom is 0.251 e. The molecule has 8 nitrogen and oxygen atoms in total. The summed E-state index contributed by atoms with van der Waals surface area (Å²) in [6.07, 6.45) is 10.2. The molecule has 1 aliphatic rings. The van der Waals surface area contributed by atoms with Gasteiger partial charge in [-0.25, -0.2) is 9.67 Å². The predicted octanol–water partition coefficient (Wildman–Crippen LogP) is 3.93. The second-order valence-corrected chi connectivity index (χ2v) is 8.48. The Morgan fingerprint density at radius 2 is 1.91 bits per heavy atom. The van der Waals surface area contributed by atoms with Crippen LogP contribution in [0.2, 0.25) is 0 Å². The molecule has 1 N–H and O–H groups in total. The number of benzene rings is 1. The van der Waals surface area contributed by atoms with Crippen molar-refractivity contribution in [3.63, 3.8) is 0 Å². The first-order valence-electron chi connectivity index (χ1n) is 11.1. The Labute approximate surface area is 192 Å². The molecule has 33 heavy (non-hydrogen) atoms. The molecule has 1 saturated carbocycles. The minimum absolute atomic E-state index is 0.196. The number of hydrogen-bond donors (Lipinski definition) is 1. The lowest BCUT2D eigenvalue weighted by atomic mass is 9.85. The summed E-state index contributed by atoms with van der Waals surface area (Å²) in [4.78, 5) is 30.7. The molecule has 1 amide bonds. The minimum atomic E-state index is -0.196. The van der Waals surface area contributed by atoms with Gasteiger partial charge in [-0.1, -0.05) is 12.5 Å². The predicted molar refractivity (Wildman–Crippen MR) is 124 cm³/mol. The Kier molecular flexibility index (Phi) is 5.64. The van der Waals surface area contributed by atoms with Gasteiger partial charge in [-0.15, -0.1) is 0 Å². The number of amides is 1. The van der Waals surface area contributed by atoms with E-state index in [1.165, 1.54) is 6.42 Å². The molecule has 1 fully saturated rings. The number of aryl methyl sites for hydroxylation is 2. The average molecular weight is 440 g/mol. The van der Waals surface area contributed by atoms with E-state index in [4.69, 9.17) is 0 Å². The summed E-state index contributed by atoms with van der Waals surface area (Å²) in [5.74, 6) is 1.15. The molecule has 1 aromatic carbocycles. The van der Waals surface area contributed by atoms with Crippen LogP contribution in [0.25, 0.3) is 16.9 Å². The van der Waals surface area contributed by atoms with E-state index in [-0.39, 0.29) is 5.91 Å². The van der Waals surface area contributed by atoms with Gasteiger partial charge in [-0.2, -0.15) is 5.10 Å². The van der Waals surface area contributed by atoms with Crippen LogP contribution in [0.1, 0.15) is 58.3 Å². The average Bonchev–Trinajstić information content (AvgIpc) is 3.26. The first kappa shape index (κ1) is 20.9. The number of pyridine rings is 1. The highest BCUT2D eigenvalue weighted by molar-refractivity contribution is 5.96. The third-order valence-electron chi connectivity index (χ3n) is 5.94. The Balaban J connectivity index is 1.49. The van der Waals surface area contributed by atoms with Crippen molar-refractivity contribution in [3.05, 3.63) is 83.6 Å². The van der Waals surface area contributed by atoms with Crippen LogP contribution in [0.3, 0.4) is 0 Å². The molecule has 0 spiro atoms. The lowest BCUT2D eigenvalue weighted by molar-refractivity contribution is 0.0950. The van der Waals surface area contributed by atoms with Crippen LogP contribution in [0, 0.1) is 13.8 Å². The molecule has 3 heterocycles. The van der Waals surface area contributed by atoms with Gasteiger partial charge in [0, 0.05) is 29.4 Å². The lowest BCUT2D eigenvalue weighted by Gasteiger charge is -2.24. The highest BCUT2D eigenvalue weighted by Gasteiger charge is 2.25. The van der Waals surface area contributed by atoms with Gasteiger partial charge in [0.2, 0.25) is 0 Å². The molecule has 8 heteroatoms. The second-order valence-electron chi connectivity index (χ2n) is 8.48. The van der Waals surface area contributed by atoms with Crippen molar-refractivity contribution in [2.24, 2.45) is 0 Å². The smallest absolute Gasteiger partial charge is 0.251 e. The van der Waals surface area contributed by atoms with Gasteiger partial charge in [-0.3, -0.25) is 19.7 Å². The van der Waals surface area contributed by atoms with Crippen LogP contribution in [0.5, 0.6) is 0 Å². The van der Waals surface area contributed by atoms with E-state index in [1.54, 1.807) is 18.7 Å². The lowest BCUT2D eigenvalue weighted by Crippen LogP contribution is -2.24. The third kappa shape index (κ3) is 4.50. The van der Waals surface area contributed by atoms with E-state index in [1.807, 2.05) is 55.1 Å². The van der Waals surface area contributed by atoms with Gasteiger partial charge in [0.25, 0.3) is 5.91 Å². The van der Waals surface area contributed by atoms with E-state index < -0.39 is 0 Å². The van der Waals surface area contributed by atoms with Gasteiger partial charge < -0.3 is 5.32 Å². The quantitative estimate of drug-likeness (QED) is 0.489. The summed E-state index contributed by atoms with van der Waals surface area (Å²) in [5, 5.41) is 7.42. The van der Waals surface area contributed by atoms with Crippen LogP contribution in [0.4, 0.5) is 0 Å². The van der Waals surface area contributed by atoms with Crippen LogP contribution in [0.15, 0.2) is 55.2 Å². The van der Waals surface area contributed by atoms with E-state index >= 15 is 0 Å². The van der Waals surface area contributed by atoms with Crippen molar-refractivity contribution in [2.75, 3.05) is 0 Å². The Bertz CT molecular complexity index is 1280. The Hall–Kier alpha value is -3.94. The van der Waals surface area contributed by atoms with Crippen molar-refractivity contribution in [1.82, 2.24) is 35.0 Å². The number of nitrogens with zero attached hydrogens (tertiary/aromatic N) is 6. The van der Waals surface area contributed by atoms with Crippen LogP contribution < -0.4 is 5.32 Å². The topological polar surface area (TPSA) is 98.5 Å². The summed E-state index contributed by atoms with van der Waals surface area (Å²) < 4.78 is 1.85. The summed E-state index contributed by atoms with van der Waals surface area (Å²) in [7, 11) is 0. The van der Waals surface area contributed by atoms with Crippen molar-refractivity contribution < 1.29 is 4.79 Å². The zero-order valence-corrected chi connectivity index (χ0v) is 18.7. The zero-order chi connectivity index (χ0) is 22.8. The van der Waals surface area contributed by atoms with E-state index in [0.29, 0.717) is 23.7 Å². The van der Waals surface area contributed by atoms with Crippen molar-refractivity contribution in [2.45, 2.75) is 45.6 Å². The highest BCUT2D eigenvalue weighted by atomic mass is 16.1. The Morgan fingerprint density at radius 1 is 1.03 bits per heavy atom. The van der Waals surface area contributed by atoms with E-state index in [2.05, 4.69) is 30.4 Å². The second kappa shape index (κ2) is 8.90. The summed E-state index contributed by atoms with van der Waals surface area (Å²) >= 11 is 0. The van der Waals surface area contributed by atoms with Gasteiger partial charge in [-0.05, 0) is 56.5 Å². The van der Waals surface area contributed by atoms with Gasteiger partial charge in [0.05, 0.1) is 35.5 Å². The number of nitrogens with one attached hydrogen (secondary N) is 1. The van der Waals surface area contributed by atoms with E-state index in [0.717, 1.165) is 46.9 Å². The first-order chi connectivity index (χ1) is 16.1. The summed E-state index contributed by atoms with van der Waals surface area (Å²) in [5.41, 5.74) is 5.59. The molecular weight excluding hydrogens is 414 g/mol. The maximum absolute atomic E-state index is 13.1. The molecule has 4 aromatic rings. The molecule has 0 bridgehead atoms. The molecule has 0 saturated heterocycles. The monoisotopic (exact) mass is 439 g/mol. The first-order valence-corrected chi connectivity index (χ1v) is 11.1. The van der Waals surface area contributed by atoms with Crippen molar-refractivity contribution in [3.8, 4) is 16.9 Å². The van der Waals surface area contributed by atoms with E-state index in [9.17, 15) is 4.79 Å². The number of aromatic nitrogens is 6. The van der Waals surface area contributed by atoms with Gasteiger partial charge >= 0.3 is 0 Å². The molecule has 3 aromatic heterocycles. The zero-order valence-electron chi connectivity index (χ0n) is 18.7. The molecule has 1 aliphatic carbocycles. The molecule has 166 valence electrons. The molecule has 0 radical (unpaired) electrons. The largest absolute Gasteiger partial charge is 0.346 e. The fourth-order valence-electron chi connectivity index (χ4n) is 3.83. The van der Waals surface area contributed by atoms with Gasteiger partial charge in [0.15, 0.2) is 0 Å². The number of carbonyl (C=O) groups is 1. The van der Waals surface area contributed by atoms with Gasteiger partial charge in [0.1, 0.15) is 12.2 Å². The fourth-order valence-corrected chi connectivity index (χ4v) is 3.83. The Morgan fingerprint density at radius 3 is 2.61 bits per heavy atom. The molecular formula is C25H25N7O. The van der Waals surface area contributed by atoms with Crippen LogP contribution in [-0.4, -0.2) is 35.6 Å². The highest BCUT2D eigenvalue weighted by Crippen LogP contribution is 2.36. The normalized spacial score (nSPS) is 13.5. The van der Waals surface area contributed by atoms with Crippen LogP contribution >= 0.6 is 0 Å².